The van der Waals surface area contributed by atoms with Gasteiger partial charge in [0.15, 0.2) is 0 Å². The highest BCUT2D eigenvalue weighted by atomic mass is 80.0. The van der Waals surface area contributed by atoms with Crippen molar-refractivity contribution in [3.63, 3.8) is 0 Å². The molecule has 0 radical (unpaired) electrons. The molecular formula is C14H18Br3NO4S. The molecule has 0 atom stereocenters. The maximum Gasteiger partial charge on any atom is 0.251 e. The number of unbranched alkanes of at least 4 members (excludes halogenated alkanes) is 3. The van der Waals surface area contributed by atoms with Crippen LogP contribution in [0.4, 0.5) is 0 Å². The molecule has 0 saturated carbocycles. The number of hydrogen-bond donors (Lipinski definition) is 2. The molecule has 0 saturated heterocycles. The number of alkyl halides is 3. The number of aliphatic hydroxyl groups excluding tert-OH is 1. The third-order valence-corrected chi connectivity index (χ3v) is 8.40. The SMILES string of the molecule is O=C(NCCCCCCO)c1cccc(S(=O)(=O)C(Br)(Br)Br)c1. The number of sulfone groups is 1. The maximum absolute atomic E-state index is 12.3. The van der Waals surface area contributed by atoms with Crippen molar-refractivity contribution < 1.29 is 18.3 Å². The van der Waals surface area contributed by atoms with Crippen LogP contribution in [0.1, 0.15) is 36.0 Å². The molecule has 9 heteroatoms. The molecule has 1 aromatic carbocycles. The fourth-order valence-electron chi connectivity index (χ4n) is 1.83. The summed E-state index contributed by atoms with van der Waals surface area (Å²) in [6, 6.07) is 5.87. The Morgan fingerprint density at radius 2 is 1.78 bits per heavy atom. The predicted octanol–water partition coefficient (Wildman–Crippen LogP) is 3.54. The van der Waals surface area contributed by atoms with Crippen molar-refractivity contribution in [1.82, 2.24) is 5.32 Å². The fourth-order valence-corrected chi connectivity index (χ4v) is 4.32. The van der Waals surface area contributed by atoms with E-state index in [-0.39, 0.29) is 23.0 Å². The second-order valence-corrected chi connectivity index (χ2v) is 15.3. The molecule has 0 aliphatic carbocycles. The largest absolute Gasteiger partial charge is 0.396 e. The van der Waals surface area contributed by atoms with Crippen LogP contribution in [0.5, 0.6) is 0 Å². The van der Waals surface area contributed by atoms with E-state index in [1.807, 2.05) is 0 Å². The number of rotatable bonds is 8. The van der Waals surface area contributed by atoms with Gasteiger partial charge in [0.25, 0.3) is 5.91 Å². The summed E-state index contributed by atoms with van der Waals surface area (Å²) in [5.41, 5.74) is 0.290. The third-order valence-electron chi connectivity index (χ3n) is 3.08. The Balaban J connectivity index is 2.68. The minimum absolute atomic E-state index is 0.0266. The maximum atomic E-state index is 12.3. The quantitative estimate of drug-likeness (QED) is 0.394. The smallest absolute Gasteiger partial charge is 0.251 e. The van der Waals surface area contributed by atoms with Gasteiger partial charge in [-0.15, -0.1) is 0 Å². The van der Waals surface area contributed by atoms with Crippen molar-refractivity contribution in [2.75, 3.05) is 13.2 Å². The predicted molar refractivity (Wildman–Crippen MR) is 101 cm³/mol. The average molecular weight is 536 g/mol. The standard InChI is InChI=1S/C14H18Br3NO4S/c15-14(16,17)23(21,22)12-7-5-6-11(10-12)13(20)18-8-3-1-2-4-9-19/h5-7,10,19H,1-4,8-9H2,(H,18,20). The number of amides is 1. The molecule has 2 N–H and O–H groups in total. The van der Waals surface area contributed by atoms with E-state index < -0.39 is 11.3 Å². The minimum Gasteiger partial charge on any atom is -0.396 e. The average Bonchev–Trinajstić information content (AvgIpc) is 2.49. The van der Waals surface area contributed by atoms with Crippen molar-refractivity contribution >= 4 is 63.5 Å². The van der Waals surface area contributed by atoms with E-state index in [1.165, 1.54) is 18.2 Å². The van der Waals surface area contributed by atoms with Gasteiger partial charge >= 0.3 is 0 Å². The number of halogens is 3. The summed E-state index contributed by atoms with van der Waals surface area (Å²) in [5, 5.41) is 11.4. The van der Waals surface area contributed by atoms with Gasteiger partial charge in [-0.1, -0.05) is 18.9 Å². The highest BCUT2D eigenvalue weighted by Crippen LogP contribution is 2.43. The molecule has 0 aromatic heterocycles. The molecule has 0 spiro atoms. The van der Waals surface area contributed by atoms with E-state index in [4.69, 9.17) is 5.11 Å². The summed E-state index contributed by atoms with van der Waals surface area (Å²) < 4.78 is 23.1. The van der Waals surface area contributed by atoms with Crippen LogP contribution < -0.4 is 5.32 Å². The van der Waals surface area contributed by atoms with E-state index in [1.54, 1.807) is 6.07 Å². The highest BCUT2D eigenvalue weighted by Gasteiger charge is 2.37. The molecule has 0 unspecified atom stereocenters. The fraction of sp³-hybridized carbons (Fsp3) is 0.500. The van der Waals surface area contributed by atoms with Crippen molar-refractivity contribution in [1.29, 1.82) is 0 Å². The molecule has 1 rings (SSSR count). The first-order chi connectivity index (χ1) is 10.7. The second kappa shape index (κ2) is 9.50. The Morgan fingerprint density at radius 1 is 1.13 bits per heavy atom. The minimum atomic E-state index is -3.72. The van der Waals surface area contributed by atoms with Gasteiger partial charge in [0.2, 0.25) is 11.3 Å². The number of aliphatic hydroxyl groups is 1. The lowest BCUT2D eigenvalue weighted by Gasteiger charge is -2.14. The lowest BCUT2D eigenvalue weighted by atomic mass is 10.2. The molecular weight excluding hydrogens is 518 g/mol. The zero-order valence-electron chi connectivity index (χ0n) is 12.3. The molecule has 0 fully saturated rings. The monoisotopic (exact) mass is 533 g/mol. The van der Waals surface area contributed by atoms with Crippen LogP contribution in [0, 0.1) is 0 Å². The Hall–Kier alpha value is 0.0400. The van der Waals surface area contributed by atoms with Crippen LogP contribution in [0.2, 0.25) is 0 Å². The summed E-state index contributed by atoms with van der Waals surface area (Å²) in [7, 11) is -3.72. The van der Waals surface area contributed by atoms with E-state index in [0.29, 0.717) is 6.54 Å². The number of hydrogen-bond acceptors (Lipinski definition) is 4. The molecule has 0 aliphatic heterocycles. The molecule has 0 aliphatic rings. The molecule has 1 aromatic rings. The van der Waals surface area contributed by atoms with E-state index in [0.717, 1.165) is 25.7 Å². The van der Waals surface area contributed by atoms with Gasteiger partial charge in [0, 0.05) is 18.7 Å². The first kappa shape index (κ1) is 21.1. The Bertz CT molecular complexity index is 629. The van der Waals surface area contributed by atoms with Crippen molar-refractivity contribution in [2.45, 2.75) is 32.1 Å². The van der Waals surface area contributed by atoms with Gasteiger partial charge in [0.1, 0.15) is 0 Å². The van der Waals surface area contributed by atoms with Crippen LogP contribution >= 0.6 is 47.8 Å². The van der Waals surface area contributed by atoms with Crippen molar-refractivity contribution in [3.8, 4) is 0 Å². The summed E-state index contributed by atoms with van der Waals surface area (Å²) in [4.78, 5) is 12.1. The molecule has 130 valence electrons. The van der Waals surface area contributed by atoms with Crippen molar-refractivity contribution in [3.05, 3.63) is 29.8 Å². The lowest BCUT2D eigenvalue weighted by molar-refractivity contribution is 0.0952. The molecule has 1 amide bonds. The van der Waals surface area contributed by atoms with E-state index >= 15 is 0 Å². The first-order valence-electron chi connectivity index (χ1n) is 7.00. The second-order valence-electron chi connectivity index (χ2n) is 4.87. The molecule has 23 heavy (non-hydrogen) atoms. The van der Waals surface area contributed by atoms with Gasteiger partial charge in [0.05, 0.1) is 4.90 Å². The zero-order chi connectivity index (χ0) is 17.5. The van der Waals surface area contributed by atoms with Crippen LogP contribution in [0.15, 0.2) is 29.2 Å². The Labute approximate surface area is 161 Å². The number of carbonyl (C=O) groups excluding carboxylic acids is 1. The van der Waals surface area contributed by atoms with Gasteiger partial charge in [-0.25, -0.2) is 8.42 Å². The summed E-state index contributed by atoms with van der Waals surface area (Å²) in [6.07, 6.45) is 3.43. The summed E-state index contributed by atoms with van der Waals surface area (Å²) in [6.45, 7) is 0.699. The Morgan fingerprint density at radius 3 is 2.39 bits per heavy atom. The van der Waals surface area contributed by atoms with Gasteiger partial charge in [-0.05, 0) is 78.8 Å². The number of benzene rings is 1. The van der Waals surface area contributed by atoms with Crippen LogP contribution in [0.25, 0.3) is 0 Å². The van der Waals surface area contributed by atoms with Crippen LogP contribution in [-0.4, -0.2) is 34.1 Å². The van der Waals surface area contributed by atoms with Crippen molar-refractivity contribution in [2.24, 2.45) is 0 Å². The van der Waals surface area contributed by atoms with E-state index in [2.05, 4.69) is 53.1 Å². The van der Waals surface area contributed by atoms with Gasteiger partial charge < -0.3 is 10.4 Å². The van der Waals surface area contributed by atoms with Gasteiger partial charge in [-0.2, -0.15) is 0 Å². The van der Waals surface area contributed by atoms with Crippen LogP contribution in [0.3, 0.4) is 0 Å². The lowest BCUT2D eigenvalue weighted by Crippen LogP contribution is -2.25. The Kier molecular flexibility index (Phi) is 8.71. The number of carbonyl (C=O) groups is 1. The normalized spacial score (nSPS) is 12.2. The molecule has 0 heterocycles. The number of nitrogens with one attached hydrogen (secondary N) is 1. The van der Waals surface area contributed by atoms with Crippen LogP contribution in [-0.2, 0) is 9.84 Å². The molecule has 0 bridgehead atoms. The topological polar surface area (TPSA) is 83.5 Å². The molecule has 5 nitrogen and oxygen atoms in total. The first-order valence-corrected chi connectivity index (χ1v) is 10.9. The highest BCUT2D eigenvalue weighted by molar-refractivity contribution is 9.42. The summed E-state index contributed by atoms with van der Waals surface area (Å²) >= 11 is 8.99. The van der Waals surface area contributed by atoms with E-state index in [9.17, 15) is 13.2 Å². The third kappa shape index (κ3) is 6.45. The van der Waals surface area contributed by atoms with Gasteiger partial charge in [-0.3, -0.25) is 4.79 Å². The summed E-state index contributed by atoms with van der Waals surface area (Å²) in [5.74, 6) is -0.312. The zero-order valence-corrected chi connectivity index (χ0v) is 17.8.